The Kier molecular flexibility index (Phi) is 4.10. The van der Waals surface area contributed by atoms with Crippen LogP contribution in [0.3, 0.4) is 0 Å². The van der Waals surface area contributed by atoms with Crippen molar-refractivity contribution >= 4 is 0 Å². The van der Waals surface area contributed by atoms with E-state index in [2.05, 4.69) is 64.4 Å². The maximum Gasteiger partial charge on any atom is 0.104 e. The van der Waals surface area contributed by atoms with Crippen LogP contribution in [0.1, 0.15) is 19.4 Å². The molecule has 0 aliphatic carbocycles. The van der Waals surface area contributed by atoms with Gasteiger partial charge in [0.1, 0.15) is 6.54 Å². The first-order valence-corrected chi connectivity index (χ1v) is 5.49. The fraction of sp³-hybridized carbons (Fsp3) is 0.429. The lowest BCUT2D eigenvalue weighted by Gasteiger charge is -2.28. The van der Waals surface area contributed by atoms with Gasteiger partial charge in [0.25, 0.3) is 0 Å². The number of benzene rings is 1. The van der Waals surface area contributed by atoms with Gasteiger partial charge in [-0.05, 0) is 19.9 Å². The van der Waals surface area contributed by atoms with Crippen molar-refractivity contribution in [2.45, 2.75) is 20.4 Å². The first-order valence-electron chi connectivity index (χ1n) is 5.49. The molecule has 0 saturated heterocycles. The third-order valence-corrected chi connectivity index (χ3v) is 2.45. The largest absolute Gasteiger partial charge is 0.321 e. The summed E-state index contributed by atoms with van der Waals surface area (Å²) in [6.45, 7) is 6.49. The fourth-order valence-corrected chi connectivity index (χ4v) is 1.57. The van der Waals surface area contributed by atoms with Crippen LogP contribution in [0.15, 0.2) is 42.0 Å². The minimum Gasteiger partial charge on any atom is -0.321 e. The topological polar surface area (TPSA) is 0 Å². The molecule has 1 heteroatoms. The molecule has 0 radical (unpaired) electrons. The second kappa shape index (κ2) is 5.13. The molecule has 0 aliphatic rings. The SMILES string of the molecule is CC(C)=CC[N+](C)(C)Cc1ccccc1. The summed E-state index contributed by atoms with van der Waals surface area (Å²) in [5.74, 6) is 0. The normalized spacial score (nSPS) is 11.2. The van der Waals surface area contributed by atoms with Gasteiger partial charge in [-0.2, -0.15) is 0 Å². The summed E-state index contributed by atoms with van der Waals surface area (Å²) in [5.41, 5.74) is 2.80. The van der Waals surface area contributed by atoms with Crippen molar-refractivity contribution in [2.75, 3.05) is 20.6 Å². The van der Waals surface area contributed by atoms with E-state index in [9.17, 15) is 0 Å². The molecule has 0 bridgehead atoms. The van der Waals surface area contributed by atoms with Crippen LogP contribution in [0.25, 0.3) is 0 Å². The van der Waals surface area contributed by atoms with Gasteiger partial charge in [-0.25, -0.2) is 0 Å². The fourth-order valence-electron chi connectivity index (χ4n) is 1.57. The van der Waals surface area contributed by atoms with Crippen LogP contribution < -0.4 is 0 Å². The Labute approximate surface area is 93.6 Å². The number of rotatable bonds is 4. The Morgan fingerprint density at radius 1 is 1.13 bits per heavy atom. The summed E-state index contributed by atoms with van der Waals surface area (Å²) >= 11 is 0. The van der Waals surface area contributed by atoms with Gasteiger partial charge in [-0.1, -0.05) is 35.9 Å². The molecular weight excluding hydrogens is 182 g/mol. The van der Waals surface area contributed by atoms with E-state index in [0.29, 0.717) is 0 Å². The second-order valence-electron chi connectivity index (χ2n) is 5.04. The lowest BCUT2D eigenvalue weighted by atomic mass is 10.2. The molecule has 0 amide bonds. The van der Waals surface area contributed by atoms with Crippen LogP contribution in [0.2, 0.25) is 0 Å². The zero-order chi connectivity index (χ0) is 11.3. The van der Waals surface area contributed by atoms with Crippen molar-refractivity contribution in [3.05, 3.63) is 47.5 Å². The van der Waals surface area contributed by atoms with Gasteiger partial charge in [0.15, 0.2) is 0 Å². The molecule has 0 unspecified atom stereocenters. The van der Waals surface area contributed by atoms with Gasteiger partial charge < -0.3 is 4.48 Å². The Morgan fingerprint density at radius 3 is 2.27 bits per heavy atom. The van der Waals surface area contributed by atoms with Gasteiger partial charge in [0.2, 0.25) is 0 Å². The average Bonchev–Trinajstić information content (AvgIpc) is 2.16. The quantitative estimate of drug-likeness (QED) is 0.522. The monoisotopic (exact) mass is 204 g/mol. The molecule has 82 valence electrons. The molecule has 0 fully saturated rings. The lowest BCUT2D eigenvalue weighted by Crippen LogP contribution is -2.38. The molecule has 0 atom stereocenters. The maximum absolute atomic E-state index is 2.31. The van der Waals surface area contributed by atoms with E-state index in [4.69, 9.17) is 0 Å². The van der Waals surface area contributed by atoms with Gasteiger partial charge in [0.05, 0.1) is 20.6 Å². The first-order chi connectivity index (χ1) is 6.99. The van der Waals surface area contributed by atoms with E-state index in [0.717, 1.165) is 17.6 Å². The average molecular weight is 204 g/mol. The van der Waals surface area contributed by atoms with Crippen molar-refractivity contribution in [1.82, 2.24) is 0 Å². The molecule has 0 aliphatic heterocycles. The number of nitrogens with zero attached hydrogens (tertiary/aromatic N) is 1. The number of hydrogen-bond acceptors (Lipinski definition) is 0. The first kappa shape index (κ1) is 12.0. The molecular formula is C14H22N+. The van der Waals surface area contributed by atoms with Gasteiger partial charge in [-0.15, -0.1) is 0 Å². The standard InChI is InChI=1S/C14H22N/c1-13(2)10-11-15(3,4)12-14-8-6-5-7-9-14/h5-10H,11-12H2,1-4H3/q+1. The molecule has 1 aromatic rings. The maximum atomic E-state index is 2.31. The van der Waals surface area contributed by atoms with Crippen molar-refractivity contribution in [2.24, 2.45) is 0 Å². The minimum absolute atomic E-state index is 1.01. The highest BCUT2D eigenvalue weighted by Crippen LogP contribution is 2.09. The molecule has 1 nitrogen and oxygen atoms in total. The Hall–Kier alpha value is -1.08. The number of hydrogen-bond donors (Lipinski definition) is 0. The Balaban J connectivity index is 2.60. The molecule has 15 heavy (non-hydrogen) atoms. The summed E-state index contributed by atoms with van der Waals surface area (Å²) < 4.78 is 1.01. The van der Waals surface area contributed by atoms with E-state index in [1.165, 1.54) is 11.1 Å². The highest BCUT2D eigenvalue weighted by atomic mass is 15.3. The van der Waals surface area contributed by atoms with Crippen LogP contribution >= 0.6 is 0 Å². The van der Waals surface area contributed by atoms with E-state index in [1.807, 2.05) is 0 Å². The van der Waals surface area contributed by atoms with E-state index in [1.54, 1.807) is 0 Å². The number of allylic oxidation sites excluding steroid dienone is 1. The summed E-state index contributed by atoms with van der Waals surface area (Å²) in [7, 11) is 4.54. The summed E-state index contributed by atoms with van der Waals surface area (Å²) in [6.07, 6.45) is 2.31. The molecule has 0 spiro atoms. The predicted molar refractivity (Wildman–Crippen MR) is 66.6 cm³/mol. The molecule has 0 heterocycles. The van der Waals surface area contributed by atoms with E-state index < -0.39 is 0 Å². The number of likely N-dealkylation sites (N-methyl/N-ethyl adjacent to an activating group) is 1. The molecule has 0 saturated carbocycles. The van der Waals surface area contributed by atoms with Crippen LogP contribution in [0.4, 0.5) is 0 Å². The van der Waals surface area contributed by atoms with Gasteiger partial charge in [-0.3, -0.25) is 0 Å². The number of quaternary nitrogens is 1. The third-order valence-electron chi connectivity index (χ3n) is 2.45. The van der Waals surface area contributed by atoms with Crippen molar-refractivity contribution in [3.63, 3.8) is 0 Å². The van der Waals surface area contributed by atoms with Crippen LogP contribution in [-0.2, 0) is 6.54 Å². The summed E-state index contributed by atoms with van der Waals surface area (Å²) in [4.78, 5) is 0. The zero-order valence-corrected chi connectivity index (χ0v) is 10.3. The van der Waals surface area contributed by atoms with E-state index >= 15 is 0 Å². The Morgan fingerprint density at radius 2 is 1.73 bits per heavy atom. The smallest absolute Gasteiger partial charge is 0.104 e. The van der Waals surface area contributed by atoms with Gasteiger partial charge >= 0.3 is 0 Å². The van der Waals surface area contributed by atoms with Crippen molar-refractivity contribution < 1.29 is 4.48 Å². The Bertz CT molecular complexity index is 318. The van der Waals surface area contributed by atoms with Gasteiger partial charge in [0, 0.05) is 5.56 Å². The van der Waals surface area contributed by atoms with E-state index in [-0.39, 0.29) is 0 Å². The highest BCUT2D eigenvalue weighted by molar-refractivity contribution is 5.13. The van der Waals surface area contributed by atoms with Crippen LogP contribution in [0.5, 0.6) is 0 Å². The van der Waals surface area contributed by atoms with Crippen molar-refractivity contribution in [3.8, 4) is 0 Å². The lowest BCUT2D eigenvalue weighted by molar-refractivity contribution is -0.898. The van der Waals surface area contributed by atoms with Crippen LogP contribution in [0, 0.1) is 0 Å². The third kappa shape index (κ3) is 4.80. The molecule has 1 aromatic carbocycles. The van der Waals surface area contributed by atoms with Crippen molar-refractivity contribution in [1.29, 1.82) is 0 Å². The highest BCUT2D eigenvalue weighted by Gasteiger charge is 2.13. The van der Waals surface area contributed by atoms with Crippen LogP contribution in [-0.4, -0.2) is 25.1 Å². The predicted octanol–water partition coefficient (Wildman–Crippen LogP) is 3.23. The summed E-state index contributed by atoms with van der Waals surface area (Å²) in [6, 6.07) is 10.7. The summed E-state index contributed by atoms with van der Waals surface area (Å²) in [5, 5.41) is 0. The zero-order valence-electron chi connectivity index (χ0n) is 10.3. The molecule has 1 rings (SSSR count). The second-order valence-corrected chi connectivity index (χ2v) is 5.04. The minimum atomic E-state index is 1.01. The molecule has 0 aromatic heterocycles. The molecule has 0 N–H and O–H groups in total.